The molecule has 0 spiro atoms. The Bertz CT molecular complexity index is 250. The van der Waals surface area contributed by atoms with E-state index in [4.69, 9.17) is 0 Å². The largest absolute Gasteiger partial charge is 0.354 e. The lowest BCUT2D eigenvalue weighted by Crippen LogP contribution is -2.36. The molecule has 0 radical (unpaired) electrons. The highest BCUT2D eigenvalue weighted by atomic mass is 16.2. The fourth-order valence-corrected chi connectivity index (χ4v) is 1.47. The molecule has 0 rings (SSSR count). The first-order valence-corrected chi connectivity index (χ1v) is 6.37. The summed E-state index contributed by atoms with van der Waals surface area (Å²) in [7, 11) is 0. The van der Waals surface area contributed by atoms with Crippen LogP contribution >= 0.6 is 0 Å². The standard InChI is InChI=1S/C13H26N2O2/c1-10(2)6-8-15(12(5)16)9-7-13(17)14-11(3)4/h10-11H,6-9H2,1-5H3,(H,14,17). The Balaban J connectivity index is 4.00. The first-order chi connectivity index (χ1) is 7.82. The fourth-order valence-electron chi connectivity index (χ4n) is 1.47. The van der Waals surface area contributed by atoms with Gasteiger partial charge in [-0.1, -0.05) is 13.8 Å². The normalized spacial score (nSPS) is 10.8. The van der Waals surface area contributed by atoms with Gasteiger partial charge in [-0.05, 0) is 26.2 Å². The van der Waals surface area contributed by atoms with Crippen molar-refractivity contribution in [3.8, 4) is 0 Å². The number of hydrogen-bond donors (Lipinski definition) is 1. The van der Waals surface area contributed by atoms with E-state index in [1.807, 2.05) is 13.8 Å². The van der Waals surface area contributed by atoms with Crippen LogP contribution in [0, 0.1) is 5.92 Å². The third kappa shape index (κ3) is 8.72. The molecule has 0 heterocycles. The maximum Gasteiger partial charge on any atom is 0.221 e. The summed E-state index contributed by atoms with van der Waals surface area (Å²) in [5.41, 5.74) is 0. The Kier molecular flexibility index (Phi) is 7.59. The van der Waals surface area contributed by atoms with Crippen molar-refractivity contribution >= 4 is 11.8 Å². The van der Waals surface area contributed by atoms with Gasteiger partial charge in [0.05, 0.1) is 0 Å². The fraction of sp³-hybridized carbons (Fsp3) is 0.846. The van der Waals surface area contributed by atoms with Crippen LogP contribution in [0.25, 0.3) is 0 Å². The molecule has 0 unspecified atom stereocenters. The molecule has 2 amide bonds. The summed E-state index contributed by atoms with van der Waals surface area (Å²) >= 11 is 0. The van der Waals surface area contributed by atoms with Crippen molar-refractivity contribution < 1.29 is 9.59 Å². The van der Waals surface area contributed by atoms with E-state index in [1.54, 1.807) is 11.8 Å². The lowest BCUT2D eigenvalue weighted by molar-refractivity contribution is -0.129. The maximum atomic E-state index is 11.5. The maximum absolute atomic E-state index is 11.5. The van der Waals surface area contributed by atoms with Crippen molar-refractivity contribution in [1.29, 1.82) is 0 Å². The van der Waals surface area contributed by atoms with Gasteiger partial charge in [0.1, 0.15) is 0 Å². The van der Waals surface area contributed by atoms with E-state index in [0.29, 0.717) is 18.9 Å². The quantitative estimate of drug-likeness (QED) is 0.740. The molecule has 0 aromatic rings. The molecule has 0 bridgehead atoms. The van der Waals surface area contributed by atoms with Gasteiger partial charge in [0.15, 0.2) is 0 Å². The molecule has 4 heteroatoms. The summed E-state index contributed by atoms with van der Waals surface area (Å²) < 4.78 is 0. The second-order valence-electron chi connectivity index (χ2n) is 5.16. The van der Waals surface area contributed by atoms with E-state index in [1.165, 1.54) is 0 Å². The van der Waals surface area contributed by atoms with Crippen molar-refractivity contribution in [1.82, 2.24) is 10.2 Å². The first kappa shape index (κ1) is 15.9. The van der Waals surface area contributed by atoms with Crippen LogP contribution in [0.5, 0.6) is 0 Å². The highest BCUT2D eigenvalue weighted by molar-refractivity contribution is 5.78. The predicted molar refractivity (Wildman–Crippen MR) is 69.6 cm³/mol. The van der Waals surface area contributed by atoms with Gasteiger partial charge in [0, 0.05) is 32.5 Å². The number of rotatable bonds is 7. The van der Waals surface area contributed by atoms with Crippen LogP contribution in [0.2, 0.25) is 0 Å². The number of nitrogens with one attached hydrogen (secondary N) is 1. The highest BCUT2D eigenvalue weighted by Gasteiger charge is 2.11. The molecule has 4 nitrogen and oxygen atoms in total. The molecule has 0 aliphatic heterocycles. The summed E-state index contributed by atoms with van der Waals surface area (Å²) in [6.45, 7) is 10.9. The van der Waals surface area contributed by atoms with Crippen molar-refractivity contribution in [2.75, 3.05) is 13.1 Å². The third-order valence-corrected chi connectivity index (χ3v) is 2.48. The molecule has 100 valence electrons. The lowest BCUT2D eigenvalue weighted by atomic mass is 10.1. The number of hydrogen-bond acceptors (Lipinski definition) is 2. The van der Waals surface area contributed by atoms with Crippen molar-refractivity contribution in [3.05, 3.63) is 0 Å². The number of carbonyl (C=O) groups is 2. The summed E-state index contributed by atoms with van der Waals surface area (Å²) in [4.78, 5) is 24.6. The van der Waals surface area contributed by atoms with Crippen molar-refractivity contribution in [2.24, 2.45) is 5.92 Å². The smallest absolute Gasteiger partial charge is 0.221 e. The molecule has 0 aromatic carbocycles. The van der Waals surface area contributed by atoms with E-state index in [2.05, 4.69) is 19.2 Å². The molecular weight excluding hydrogens is 216 g/mol. The van der Waals surface area contributed by atoms with Crippen LogP contribution in [0.15, 0.2) is 0 Å². The van der Waals surface area contributed by atoms with E-state index >= 15 is 0 Å². The van der Waals surface area contributed by atoms with E-state index < -0.39 is 0 Å². The molecule has 1 N–H and O–H groups in total. The summed E-state index contributed by atoms with van der Waals surface area (Å²) in [5, 5.41) is 2.82. The molecule has 0 saturated heterocycles. The first-order valence-electron chi connectivity index (χ1n) is 6.37. The molecular formula is C13H26N2O2. The minimum atomic E-state index is 0.01000. The Labute approximate surface area is 105 Å². The summed E-state index contributed by atoms with van der Waals surface area (Å²) in [5.74, 6) is 0.625. The average Bonchev–Trinajstić information content (AvgIpc) is 2.15. The zero-order valence-corrected chi connectivity index (χ0v) is 11.7. The summed E-state index contributed by atoms with van der Waals surface area (Å²) in [6, 6.07) is 0.156. The predicted octanol–water partition coefficient (Wildman–Crippen LogP) is 1.80. The zero-order chi connectivity index (χ0) is 13.4. The van der Waals surface area contributed by atoms with Crippen LogP contribution in [0.1, 0.15) is 47.5 Å². The Morgan fingerprint density at radius 3 is 2.12 bits per heavy atom. The Hall–Kier alpha value is -1.06. The minimum Gasteiger partial charge on any atom is -0.354 e. The highest BCUT2D eigenvalue weighted by Crippen LogP contribution is 2.03. The van der Waals surface area contributed by atoms with Gasteiger partial charge in [-0.2, -0.15) is 0 Å². The van der Waals surface area contributed by atoms with E-state index in [-0.39, 0.29) is 17.9 Å². The third-order valence-electron chi connectivity index (χ3n) is 2.48. The van der Waals surface area contributed by atoms with Crippen molar-refractivity contribution in [2.45, 2.75) is 53.5 Å². The SMILES string of the molecule is CC(=O)N(CCC(=O)NC(C)C)CCC(C)C. The summed E-state index contributed by atoms with van der Waals surface area (Å²) in [6.07, 6.45) is 1.36. The average molecular weight is 242 g/mol. The van der Waals surface area contributed by atoms with Gasteiger partial charge in [-0.25, -0.2) is 0 Å². The van der Waals surface area contributed by atoms with Gasteiger partial charge >= 0.3 is 0 Å². The van der Waals surface area contributed by atoms with Crippen LogP contribution in [-0.4, -0.2) is 35.8 Å². The van der Waals surface area contributed by atoms with Crippen molar-refractivity contribution in [3.63, 3.8) is 0 Å². The van der Waals surface area contributed by atoms with Gasteiger partial charge in [-0.3, -0.25) is 9.59 Å². The molecule has 17 heavy (non-hydrogen) atoms. The number of amides is 2. The van der Waals surface area contributed by atoms with Gasteiger partial charge in [0.2, 0.25) is 11.8 Å². The second-order valence-corrected chi connectivity index (χ2v) is 5.16. The van der Waals surface area contributed by atoms with Crippen LogP contribution < -0.4 is 5.32 Å². The number of carbonyl (C=O) groups excluding carboxylic acids is 2. The van der Waals surface area contributed by atoms with Gasteiger partial charge in [-0.15, -0.1) is 0 Å². The monoisotopic (exact) mass is 242 g/mol. The van der Waals surface area contributed by atoms with Crippen LogP contribution in [0.4, 0.5) is 0 Å². The molecule has 0 aliphatic carbocycles. The molecule has 0 fully saturated rings. The topological polar surface area (TPSA) is 49.4 Å². The van der Waals surface area contributed by atoms with Crippen LogP contribution in [0.3, 0.4) is 0 Å². The van der Waals surface area contributed by atoms with Crippen LogP contribution in [-0.2, 0) is 9.59 Å². The molecule has 0 atom stereocenters. The number of nitrogens with zero attached hydrogens (tertiary/aromatic N) is 1. The Morgan fingerprint density at radius 1 is 1.12 bits per heavy atom. The van der Waals surface area contributed by atoms with E-state index in [0.717, 1.165) is 13.0 Å². The zero-order valence-electron chi connectivity index (χ0n) is 11.7. The second kappa shape index (κ2) is 8.09. The van der Waals surface area contributed by atoms with E-state index in [9.17, 15) is 9.59 Å². The molecule has 0 saturated carbocycles. The molecule has 0 aliphatic rings. The van der Waals surface area contributed by atoms with Gasteiger partial charge in [0.25, 0.3) is 0 Å². The Morgan fingerprint density at radius 2 is 1.71 bits per heavy atom. The van der Waals surface area contributed by atoms with Gasteiger partial charge < -0.3 is 10.2 Å². The molecule has 0 aromatic heterocycles. The minimum absolute atomic E-state index is 0.01000. The lowest BCUT2D eigenvalue weighted by Gasteiger charge is -2.22.